The van der Waals surface area contributed by atoms with Crippen LogP contribution in [0.25, 0.3) is 11.7 Å². The van der Waals surface area contributed by atoms with E-state index >= 15 is 0 Å². The van der Waals surface area contributed by atoms with Crippen LogP contribution in [0.15, 0.2) is 44.9 Å². The van der Waals surface area contributed by atoms with Gasteiger partial charge in [-0.2, -0.15) is 14.9 Å². The summed E-state index contributed by atoms with van der Waals surface area (Å²) in [7, 11) is 0. The van der Waals surface area contributed by atoms with Gasteiger partial charge in [-0.1, -0.05) is 30.3 Å². The number of benzene rings is 1. The van der Waals surface area contributed by atoms with E-state index in [9.17, 15) is 5.26 Å². The first-order valence-electron chi connectivity index (χ1n) is 7.30. The van der Waals surface area contributed by atoms with Crippen LogP contribution in [0.3, 0.4) is 0 Å². The lowest BCUT2D eigenvalue weighted by Gasteiger charge is -2.12. The Hall–Kier alpha value is -1.82. The lowest BCUT2D eigenvalue weighted by atomic mass is 10.2. The lowest BCUT2D eigenvalue weighted by Crippen LogP contribution is -2.09. The van der Waals surface area contributed by atoms with E-state index < -0.39 is 0 Å². The monoisotopic (exact) mass is 477 g/mol. The highest BCUT2D eigenvalue weighted by Gasteiger charge is 2.17. The minimum Gasteiger partial charge on any atom is -0.365 e. The van der Waals surface area contributed by atoms with E-state index in [0.29, 0.717) is 28.6 Å². The molecular weight excluding hydrogens is 466 g/mol. The molecule has 2 heterocycles. The van der Waals surface area contributed by atoms with E-state index in [1.54, 1.807) is 10.7 Å². The van der Waals surface area contributed by atoms with Crippen LogP contribution in [-0.4, -0.2) is 20.9 Å². The summed E-state index contributed by atoms with van der Waals surface area (Å²) in [5, 5.41) is 18.1. The first-order valence-corrected chi connectivity index (χ1v) is 10.1. The predicted octanol–water partition coefficient (Wildman–Crippen LogP) is 5.02. The zero-order chi connectivity index (χ0) is 17.8. The van der Waals surface area contributed by atoms with Crippen molar-refractivity contribution in [1.29, 1.82) is 5.26 Å². The zero-order valence-corrected chi connectivity index (χ0v) is 17.2. The molecular formula is C17H13Br2N5S. The van der Waals surface area contributed by atoms with Crippen molar-refractivity contribution in [1.82, 2.24) is 14.6 Å². The van der Waals surface area contributed by atoms with Gasteiger partial charge in [0.15, 0.2) is 11.5 Å². The van der Waals surface area contributed by atoms with E-state index in [0.717, 1.165) is 14.5 Å². The molecule has 126 valence electrons. The number of aromatic nitrogens is 3. The van der Waals surface area contributed by atoms with E-state index in [4.69, 9.17) is 0 Å². The molecule has 2 aromatic heterocycles. The third-order valence-electron chi connectivity index (χ3n) is 3.51. The van der Waals surface area contributed by atoms with Crippen molar-refractivity contribution in [3.05, 3.63) is 56.6 Å². The second kappa shape index (κ2) is 8.04. The molecule has 0 saturated heterocycles. The lowest BCUT2D eigenvalue weighted by molar-refractivity contribution is 0.897. The predicted molar refractivity (Wildman–Crippen MR) is 109 cm³/mol. The van der Waals surface area contributed by atoms with Gasteiger partial charge in [0.05, 0.1) is 9.59 Å². The number of fused-ring (bicyclic) bond motifs is 1. The van der Waals surface area contributed by atoms with Gasteiger partial charge in [0.25, 0.3) is 0 Å². The number of nitrogens with one attached hydrogen (secondary N) is 1. The minimum absolute atomic E-state index is 0.493. The summed E-state index contributed by atoms with van der Waals surface area (Å²) in [6.07, 6.45) is 5.52. The Morgan fingerprint density at radius 2 is 2.12 bits per heavy atom. The number of nitrogens with zero attached hydrogens (tertiary/aromatic N) is 4. The quantitative estimate of drug-likeness (QED) is 0.411. The van der Waals surface area contributed by atoms with Crippen LogP contribution in [0.1, 0.15) is 16.7 Å². The SMILES string of the molecule is CSc1nc2c(C=C(Br)Br)cnn2c(NCc2ccccc2)c1C#N. The highest BCUT2D eigenvalue weighted by atomic mass is 79.9. The number of rotatable bonds is 5. The van der Waals surface area contributed by atoms with Crippen molar-refractivity contribution >= 4 is 61.2 Å². The maximum Gasteiger partial charge on any atom is 0.165 e. The van der Waals surface area contributed by atoms with Gasteiger partial charge < -0.3 is 5.32 Å². The fourth-order valence-electron chi connectivity index (χ4n) is 2.40. The summed E-state index contributed by atoms with van der Waals surface area (Å²) in [6, 6.07) is 12.3. The average molecular weight is 479 g/mol. The van der Waals surface area contributed by atoms with Gasteiger partial charge in [0.2, 0.25) is 0 Å². The summed E-state index contributed by atoms with van der Waals surface area (Å²) < 4.78 is 2.47. The van der Waals surface area contributed by atoms with Crippen LogP contribution in [-0.2, 0) is 6.54 Å². The van der Waals surface area contributed by atoms with Crippen LogP contribution in [0.5, 0.6) is 0 Å². The van der Waals surface area contributed by atoms with E-state index in [1.165, 1.54) is 11.8 Å². The Balaban J connectivity index is 2.12. The molecule has 0 spiro atoms. The number of nitriles is 1. The van der Waals surface area contributed by atoms with Crippen LogP contribution in [0.4, 0.5) is 5.82 Å². The first-order chi connectivity index (χ1) is 12.1. The fourth-order valence-corrected chi connectivity index (χ4v) is 3.42. The molecule has 1 aromatic carbocycles. The number of halogens is 2. The van der Waals surface area contributed by atoms with Crippen LogP contribution < -0.4 is 5.32 Å². The highest BCUT2D eigenvalue weighted by molar-refractivity contribution is 9.28. The Morgan fingerprint density at radius 3 is 2.76 bits per heavy atom. The molecule has 0 radical (unpaired) electrons. The largest absolute Gasteiger partial charge is 0.365 e. The zero-order valence-electron chi connectivity index (χ0n) is 13.2. The summed E-state index contributed by atoms with van der Waals surface area (Å²) >= 11 is 8.17. The normalized spacial score (nSPS) is 10.5. The summed E-state index contributed by atoms with van der Waals surface area (Å²) in [4.78, 5) is 4.61. The molecule has 5 nitrogen and oxygen atoms in total. The maximum absolute atomic E-state index is 9.63. The molecule has 0 aliphatic rings. The van der Waals surface area contributed by atoms with Gasteiger partial charge in [-0.05, 0) is 49.8 Å². The maximum atomic E-state index is 9.63. The molecule has 0 fully saturated rings. The Labute approximate surface area is 166 Å². The Bertz CT molecular complexity index is 972. The molecule has 0 unspecified atom stereocenters. The van der Waals surface area contributed by atoms with Gasteiger partial charge in [-0.15, -0.1) is 11.8 Å². The van der Waals surface area contributed by atoms with Crippen molar-refractivity contribution in [2.45, 2.75) is 11.6 Å². The smallest absolute Gasteiger partial charge is 0.165 e. The molecule has 0 bridgehead atoms. The molecule has 1 N–H and O–H groups in total. The Kier molecular flexibility index (Phi) is 5.78. The van der Waals surface area contributed by atoms with Crippen LogP contribution in [0, 0.1) is 11.3 Å². The molecule has 0 aliphatic carbocycles. The summed E-state index contributed by atoms with van der Waals surface area (Å²) in [6.45, 7) is 0.593. The highest BCUT2D eigenvalue weighted by Crippen LogP contribution is 2.29. The second-order valence-electron chi connectivity index (χ2n) is 5.06. The van der Waals surface area contributed by atoms with Crippen LogP contribution in [0.2, 0.25) is 0 Å². The molecule has 3 rings (SSSR count). The standard InChI is InChI=1S/C17H13Br2N5S/c1-25-17-13(8-20)16(21-9-11-5-3-2-4-6-11)24-15(23-17)12(10-22-24)7-14(18)19/h2-7,10,21H,9H2,1H3. The van der Waals surface area contributed by atoms with Gasteiger partial charge in [0.1, 0.15) is 16.7 Å². The topological polar surface area (TPSA) is 66.0 Å². The second-order valence-corrected chi connectivity index (χ2v) is 8.63. The Morgan fingerprint density at radius 1 is 1.36 bits per heavy atom. The van der Waals surface area contributed by atoms with Crippen molar-refractivity contribution in [3.63, 3.8) is 0 Å². The minimum atomic E-state index is 0.493. The molecule has 0 aliphatic heterocycles. The molecule has 3 aromatic rings. The van der Waals surface area contributed by atoms with Crippen LogP contribution >= 0.6 is 43.6 Å². The number of hydrogen-bond donors (Lipinski definition) is 1. The van der Waals surface area contributed by atoms with Crippen molar-refractivity contribution in [2.75, 3.05) is 11.6 Å². The van der Waals surface area contributed by atoms with Crippen molar-refractivity contribution < 1.29 is 0 Å². The number of hydrogen-bond acceptors (Lipinski definition) is 5. The third kappa shape index (κ3) is 3.89. The van der Waals surface area contributed by atoms with Crippen molar-refractivity contribution in [2.24, 2.45) is 0 Å². The summed E-state index contributed by atoms with van der Waals surface area (Å²) in [5.74, 6) is 0.644. The molecule has 0 atom stereocenters. The van der Waals surface area contributed by atoms with E-state index in [1.807, 2.05) is 42.7 Å². The van der Waals surface area contributed by atoms with Gasteiger partial charge in [0, 0.05) is 12.1 Å². The molecule has 0 saturated carbocycles. The molecule has 0 amide bonds. The molecule has 25 heavy (non-hydrogen) atoms. The van der Waals surface area contributed by atoms with Gasteiger partial charge >= 0.3 is 0 Å². The summed E-state index contributed by atoms with van der Waals surface area (Å²) in [5.41, 5.74) is 3.16. The number of anilines is 1. The van der Waals surface area contributed by atoms with E-state index in [2.05, 4.69) is 53.3 Å². The van der Waals surface area contributed by atoms with Gasteiger partial charge in [-0.3, -0.25) is 0 Å². The first kappa shape index (κ1) is 18.0. The molecule has 8 heteroatoms. The fraction of sp³-hybridized carbons (Fsp3) is 0.118. The van der Waals surface area contributed by atoms with Gasteiger partial charge in [-0.25, -0.2) is 4.98 Å². The number of thioether (sulfide) groups is 1. The van der Waals surface area contributed by atoms with E-state index in [-0.39, 0.29) is 0 Å². The average Bonchev–Trinajstić information content (AvgIpc) is 3.01. The third-order valence-corrected chi connectivity index (χ3v) is 4.65. The van der Waals surface area contributed by atoms with Crippen molar-refractivity contribution in [3.8, 4) is 6.07 Å².